The van der Waals surface area contributed by atoms with E-state index in [0.29, 0.717) is 22.2 Å². The number of amides is 1. The first kappa shape index (κ1) is 24.3. The van der Waals surface area contributed by atoms with Gasteiger partial charge in [-0.2, -0.15) is 0 Å². The third kappa shape index (κ3) is 5.10. The summed E-state index contributed by atoms with van der Waals surface area (Å²) < 4.78 is 14.7. The third-order valence-electron chi connectivity index (χ3n) is 6.88. The fourth-order valence-electron chi connectivity index (χ4n) is 5.08. The van der Waals surface area contributed by atoms with Gasteiger partial charge in [0.05, 0.1) is 6.54 Å². The molecule has 5 rings (SSSR count). The van der Waals surface area contributed by atoms with Crippen LogP contribution in [0.1, 0.15) is 34.3 Å². The standard InChI is InChI=1S/C27H23Cl3FN3O/c28-20-3-1-18(2-4-20)13-22(31)16-33-11-8-27(9-12-33)17-34(24-6-5-21(29)15-23(24)27)26(35)19-7-10-32-25(30)14-19/h1-7,10,13-15H,8-9,11-12,16-17H2/b22-13-. The van der Waals surface area contributed by atoms with Crippen LogP contribution >= 0.6 is 34.8 Å². The second-order valence-corrected chi connectivity index (χ2v) is 10.4. The lowest BCUT2D eigenvalue weighted by molar-refractivity contribution is 0.0977. The van der Waals surface area contributed by atoms with Gasteiger partial charge in [0.25, 0.3) is 5.91 Å². The van der Waals surface area contributed by atoms with Gasteiger partial charge in [0, 0.05) is 39.5 Å². The molecule has 0 saturated carbocycles. The molecule has 3 heterocycles. The number of anilines is 1. The van der Waals surface area contributed by atoms with E-state index in [9.17, 15) is 9.18 Å². The number of carbonyl (C=O) groups is 1. The molecule has 0 radical (unpaired) electrons. The lowest BCUT2D eigenvalue weighted by atomic mass is 9.74. The molecule has 0 unspecified atom stereocenters. The summed E-state index contributed by atoms with van der Waals surface area (Å²) in [5.74, 6) is -0.307. The second kappa shape index (κ2) is 9.90. The first-order valence-electron chi connectivity index (χ1n) is 11.4. The molecule has 8 heteroatoms. The number of hydrogen-bond donors (Lipinski definition) is 0. The summed E-state index contributed by atoms with van der Waals surface area (Å²) in [6.45, 7) is 2.24. The molecule has 0 aliphatic carbocycles. The first-order valence-corrected chi connectivity index (χ1v) is 12.5. The Hall–Kier alpha value is -2.44. The molecule has 1 amide bonds. The van der Waals surface area contributed by atoms with Crippen LogP contribution in [-0.2, 0) is 5.41 Å². The van der Waals surface area contributed by atoms with E-state index in [-0.39, 0.29) is 28.8 Å². The highest BCUT2D eigenvalue weighted by molar-refractivity contribution is 6.31. The number of benzene rings is 2. The summed E-state index contributed by atoms with van der Waals surface area (Å²) in [4.78, 5) is 21.3. The molecule has 2 aromatic carbocycles. The van der Waals surface area contributed by atoms with E-state index in [1.807, 2.05) is 23.1 Å². The molecular weight excluding hydrogens is 508 g/mol. The maximum atomic E-state index is 14.7. The third-order valence-corrected chi connectivity index (χ3v) is 7.58. The van der Waals surface area contributed by atoms with E-state index < -0.39 is 0 Å². The Kier molecular flexibility index (Phi) is 6.86. The van der Waals surface area contributed by atoms with Crippen molar-refractivity contribution in [3.05, 3.63) is 98.5 Å². The minimum Gasteiger partial charge on any atom is -0.307 e. The number of nitrogens with zero attached hydrogens (tertiary/aromatic N) is 3. The van der Waals surface area contributed by atoms with Crippen LogP contribution in [0.25, 0.3) is 6.08 Å². The van der Waals surface area contributed by atoms with Crippen LogP contribution in [-0.4, -0.2) is 42.0 Å². The summed E-state index contributed by atoms with van der Waals surface area (Å²) in [5.41, 5.74) is 3.00. The van der Waals surface area contributed by atoms with E-state index in [4.69, 9.17) is 34.8 Å². The zero-order chi connectivity index (χ0) is 24.6. The summed E-state index contributed by atoms with van der Waals surface area (Å²) in [6.07, 6.45) is 4.69. The highest BCUT2D eigenvalue weighted by atomic mass is 35.5. The predicted octanol–water partition coefficient (Wildman–Crippen LogP) is 7.05. The zero-order valence-corrected chi connectivity index (χ0v) is 21.1. The second-order valence-electron chi connectivity index (χ2n) is 9.12. The first-order chi connectivity index (χ1) is 16.8. The summed E-state index contributed by atoms with van der Waals surface area (Å²) in [5, 5.41) is 1.55. The van der Waals surface area contributed by atoms with Gasteiger partial charge in [0.1, 0.15) is 11.0 Å². The van der Waals surface area contributed by atoms with Gasteiger partial charge in [0.2, 0.25) is 0 Å². The maximum absolute atomic E-state index is 14.7. The fourth-order valence-corrected chi connectivity index (χ4v) is 5.55. The van der Waals surface area contributed by atoms with Crippen molar-refractivity contribution in [2.24, 2.45) is 0 Å². The summed E-state index contributed by atoms with van der Waals surface area (Å²) >= 11 is 18.3. The van der Waals surface area contributed by atoms with Crippen LogP contribution in [0.4, 0.5) is 10.1 Å². The van der Waals surface area contributed by atoms with E-state index >= 15 is 0 Å². The SMILES string of the molecule is O=C(c1ccnc(Cl)c1)N1CC2(CCN(C/C(F)=C/c3ccc(Cl)cc3)CC2)c2cc(Cl)ccc21. The van der Waals surface area contributed by atoms with Crippen molar-refractivity contribution in [2.75, 3.05) is 31.1 Å². The van der Waals surface area contributed by atoms with Gasteiger partial charge in [-0.05, 0) is 85.6 Å². The van der Waals surface area contributed by atoms with Gasteiger partial charge in [-0.3, -0.25) is 9.69 Å². The number of hydrogen-bond acceptors (Lipinski definition) is 3. The van der Waals surface area contributed by atoms with E-state index in [2.05, 4.69) is 9.88 Å². The average molecular weight is 531 g/mol. The van der Waals surface area contributed by atoms with Gasteiger partial charge in [0.15, 0.2) is 0 Å². The number of likely N-dealkylation sites (tertiary alicyclic amines) is 1. The molecule has 0 N–H and O–H groups in total. The van der Waals surface area contributed by atoms with Crippen LogP contribution in [0, 0.1) is 0 Å². The molecule has 4 nitrogen and oxygen atoms in total. The van der Waals surface area contributed by atoms with Gasteiger partial charge < -0.3 is 4.90 Å². The largest absolute Gasteiger partial charge is 0.307 e. The quantitative estimate of drug-likeness (QED) is 0.339. The minimum absolute atomic E-state index is 0.117. The zero-order valence-electron chi connectivity index (χ0n) is 18.9. The summed E-state index contributed by atoms with van der Waals surface area (Å²) in [7, 11) is 0. The number of pyridine rings is 1. The van der Waals surface area contributed by atoms with Crippen molar-refractivity contribution < 1.29 is 9.18 Å². The number of fused-ring (bicyclic) bond motifs is 2. The minimum atomic E-state index is -0.223. The number of piperidine rings is 1. The van der Waals surface area contributed by atoms with E-state index in [1.54, 1.807) is 42.5 Å². The van der Waals surface area contributed by atoms with E-state index in [1.165, 1.54) is 6.20 Å². The Morgan fingerprint density at radius 3 is 2.43 bits per heavy atom. The fraction of sp³-hybridized carbons (Fsp3) is 0.259. The van der Waals surface area contributed by atoms with Crippen molar-refractivity contribution >= 4 is 52.5 Å². The van der Waals surface area contributed by atoms with Crippen LogP contribution in [0.3, 0.4) is 0 Å². The topological polar surface area (TPSA) is 36.4 Å². The van der Waals surface area contributed by atoms with Crippen molar-refractivity contribution in [3.8, 4) is 0 Å². The smallest absolute Gasteiger partial charge is 0.258 e. The number of carbonyl (C=O) groups excluding carboxylic acids is 1. The number of rotatable bonds is 4. The number of halogens is 4. The Labute approximate surface area is 218 Å². The lowest BCUT2D eigenvalue weighted by Crippen LogP contribution is -2.46. The van der Waals surface area contributed by atoms with Crippen molar-refractivity contribution in [2.45, 2.75) is 18.3 Å². The highest BCUT2D eigenvalue weighted by Crippen LogP contribution is 2.48. The van der Waals surface area contributed by atoms with Crippen molar-refractivity contribution in [3.63, 3.8) is 0 Å². The normalized spacial score (nSPS) is 17.6. The van der Waals surface area contributed by atoms with Crippen LogP contribution in [0.15, 0.2) is 66.6 Å². The molecule has 1 fully saturated rings. The molecule has 2 aliphatic heterocycles. The Bertz CT molecular complexity index is 1290. The molecule has 1 aromatic heterocycles. The average Bonchev–Trinajstić information content (AvgIpc) is 3.15. The van der Waals surface area contributed by atoms with Crippen LogP contribution < -0.4 is 4.90 Å². The molecule has 1 saturated heterocycles. The van der Waals surface area contributed by atoms with Gasteiger partial charge >= 0.3 is 0 Å². The Balaban J connectivity index is 1.33. The highest BCUT2D eigenvalue weighted by Gasteiger charge is 2.46. The molecule has 2 aliphatic rings. The molecule has 180 valence electrons. The Morgan fingerprint density at radius 2 is 1.71 bits per heavy atom. The van der Waals surface area contributed by atoms with Gasteiger partial charge in [-0.1, -0.05) is 46.9 Å². The summed E-state index contributed by atoms with van der Waals surface area (Å²) in [6, 6.07) is 16.1. The predicted molar refractivity (Wildman–Crippen MR) is 140 cm³/mol. The molecule has 3 aromatic rings. The molecule has 1 spiro atoms. The van der Waals surface area contributed by atoms with Crippen LogP contribution in [0.2, 0.25) is 15.2 Å². The molecule has 35 heavy (non-hydrogen) atoms. The maximum Gasteiger partial charge on any atom is 0.258 e. The molecule has 0 atom stereocenters. The molecule has 0 bridgehead atoms. The van der Waals surface area contributed by atoms with Crippen molar-refractivity contribution in [1.82, 2.24) is 9.88 Å². The van der Waals surface area contributed by atoms with E-state index in [0.717, 1.165) is 42.7 Å². The van der Waals surface area contributed by atoms with Crippen molar-refractivity contribution in [1.29, 1.82) is 0 Å². The Morgan fingerprint density at radius 1 is 1.00 bits per heavy atom. The number of aromatic nitrogens is 1. The van der Waals surface area contributed by atoms with Crippen LogP contribution in [0.5, 0.6) is 0 Å². The van der Waals surface area contributed by atoms with Gasteiger partial charge in [-0.25, -0.2) is 9.37 Å². The monoisotopic (exact) mass is 529 g/mol. The lowest BCUT2D eigenvalue weighted by Gasteiger charge is -2.39. The van der Waals surface area contributed by atoms with Gasteiger partial charge in [-0.15, -0.1) is 0 Å². The molecular formula is C27H23Cl3FN3O.